The molecule has 0 unspecified atom stereocenters. The first-order valence-corrected chi connectivity index (χ1v) is 9.40. The summed E-state index contributed by atoms with van der Waals surface area (Å²) < 4.78 is 32.3. The molecule has 130 valence electrons. The number of imidazole rings is 1. The fourth-order valence-corrected chi connectivity index (χ4v) is 3.02. The van der Waals surface area contributed by atoms with Crippen LogP contribution in [0.5, 0.6) is 0 Å². The lowest BCUT2D eigenvalue weighted by atomic mass is 10.2. The van der Waals surface area contributed by atoms with Crippen molar-refractivity contribution < 1.29 is 17.9 Å². The molecule has 0 radical (unpaired) electrons. The van der Waals surface area contributed by atoms with Gasteiger partial charge in [0.25, 0.3) is 0 Å². The Morgan fingerprint density at radius 2 is 2.00 bits per heavy atom. The zero-order valence-electron chi connectivity index (χ0n) is 13.8. The summed E-state index contributed by atoms with van der Waals surface area (Å²) in [7, 11) is -3.50. The van der Waals surface area contributed by atoms with Crippen LogP contribution in [-0.4, -0.2) is 30.0 Å². The Morgan fingerprint density at radius 3 is 2.72 bits per heavy atom. The number of carbonyl (C=O) groups excluding carboxylic acids is 1. The fourth-order valence-electron chi connectivity index (χ4n) is 2.44. The molecule has 0 saturated heterocycles. The third-order valence-electron chi connectivity index (χ3n) is 3.52. The molecule has 0 atom stereocenters. The van der Waals surface area contributed by atoms with Gasteiger partial charge in [-0.25, -0.2) is 18.2 Å². The van der Waals surface area contributed by atoms with Gasteiger partial charge in [-0.1, -0.05) is 18.2 Å². The number of nitrogens with one attached hydrogen (secondary N) is 1. The van der Waals surface area contributed by atoms with Crippen molar-refractivity contribution in [1.29, 1.82) is 0 Å². The maximum Gasteiger partial charge on any atom is 0.340 e. The largest absolute Gasteiger partial charge is 0.455 e. The van der Waals surface area contributed by atoms with Gasteiger partial charge in [0.2, 0.25) is 10.0 Å². The standard InChI is InChI=1S/C17H17N3O4S/c1-12-6-5-9-20-10-13(18-16(12)20)11-24-17(21)14-7-3-4-8-15(14)19-25(2,22)23/h3-10,19H,11H2,1-2H3. The lowest BCUT2D eigenvalue weighted by Crippen LogP contribution is -2.14. The van der Waals surface area contributed by atoms with E-state index in [4.69, 9.17) is 4.74 Å². The van der Waals surface area contributed by atoms with Crippen LogP contribution in [0.3, 0.4) is 0 Å². The molecule has 2 heterocycles. The summed E-state index contributed by atoms with van der Waals surface area (Å²) in [6, 6.07) is 10.1. The molecule has 0 fully saturated rings. The molecule has 1 N–H and O–H groups in total. The lowest BCUT2D eigenvalue weighted by molar-refractivity contribution is 0.0469. The molecule has 7 nitrogen and oxygen atoms in total. The summed E-state index contributed by atoms with van der Waals surface area (Å²) in [5, 5.41) is 0. The number of pyridine rings is 1. The van der Waals surface area contributed by atoms with Crippen LogP contribution in [0.1, 0.15) is 21.6 Å². The minimum Gasteiger partial charge on any atom is -0.455 e. The number of hydrogen-bond donors (Lipinski definition) is 1. The number of hydrogen-bond acceptors (Lipinski definition) is 5. The van der Waals surface area contributed by atoms with E-state index in [1.165, 1.54) is 12.1 Å². The number of esters is 1. The second-order valence-corrected chi connectivity index (χ2v) is 7.40. The Labute approximate surface area is 145 Å². The molecule has 25 heavy (non-hydrogen) atoms. The quantitative estimate of drug-likeness (QED) is 0.707. The first-order chi connectivity index (χ1) is 11.8. The van der Waals surface area contributed by atoms with E-state index in [-0.39, 0.29) is 17.9 Å². The van der Waals surface area contributed by atoms with Crippen molar-refractivity contribution >= 4 is 27.3 Å². The van der Waals surface area contributed by atoms with Crippen LogP contribution in [0, 0.1) is 6.92 Å². The number of aryl methyl sites for hydroxylation is 1. The summed E-state index contributed by atoms with van der Waals surface area (Å²) in [4.78, 5) is 16.7. The fraction of sp³-hybridized carbons (Fsp3) is 0.176. The number of carbonyl (C=O) groups is 1. The van der Waals surface area contributed by atoms with Gasteiger partial charge in [-0.05, 0) is 30.7 Å². The van der Waals surface area contributed by atoms with E-state index in [9.17, 15) is 13.2 Å². The molecule has 2 aromatic heterocycles. The highest BCUT2D eigenvalue weighted by molar-refractivity contribution is 7.92. The number of anilines is 1. The van der Waals surface area contributed by atoms with E-state index in [2.05, 4.69) is 9.71 Å². The monoisotopic (exact) mass is 359 g/mol. The first kappa shape index (κ1) is 17.0. The van der Waals surface area contributed by atoms with Gasteiger partial charge in [-0.3, -0.25) is 4.72 Å². The lowest BCUT2D eigenvalue weighted by Gasteiger charge is -2.09. The van der Waals surface area contributed by atoms with Crippen molar-refractivity contribution in [1.82, 2.24) is 9.38 Å². The van der Waals surface area contributed by atoms with Crippen molar-refractivity contribution in [2.24, 2.45) is 0 Å². The van der Waals surface area contributed by atoms with Crippen LogP contribution in [0.25, 0.3) is 5.65 Å². The smallest absolute Gasteiger partial charge is 0.340 e. The minimum absolute atomic E-state index is 0.00678. The van der Waals surface area contributed by atoms with Crippen LogP contribution >= 0.6 is 0 Å². The second kappa shape index (κ2) is 6.56. The molecule has 0 aliphatic rings. The van der Waals surface area contributed by atoms with Gasteiger partial charge in [0.15, 0.2) is 0 Å². The Morgan fingerprint density at radius 1 is 1.24 bits per heavy atom. The van der Waals surface area contributed by atoms with Crippen molar-refractivity contribution in [3.05, 3.63) is 65.6 Å². The number of para-hydroxylation sites is 1. The second-order valence-electron chi connectivity index (χ2n) is 5.65. The van der Waals surface area contributed by atoms with Gasteiger partial charge in [0, 0.05) is 12.4 Å². The van der Waals surface area contributed by atoms with E-state index in [1.54, 1.807) is 18.3 Å². The molecule has 0 amide bonds. The van der Waals surface area contributed by atoms with Gasteiger partial charge in [0.1, 0.15) is 12.3 Å². The van der Waals surface area contributed by atoms with Crippen LogP contribution in [0.2, 0.25) is 0 Å². The number of rotatable bonds is 5. The number of nitrogens with zero attached hydrogens (tertiary/aromatic N) is 2. The number of sulfonamides is 1. The van der Waals surface area contributed by atoms with Crippen molar-refractivity contribution in [2.75, 3.05) is 11.0 Å². The Kier molecular flexibility index (Phi) is 4.45. The van der Waals surface area contributed by atoms with E-state index >= 15 is 0 Å². The van der Waals surface area contributed by atoms with E-state index in [1.807, 2.05) is 29.7 Å². The third kappa shape index (κ3) is 3.97. The molecule has 0 spiro atoms. The Balaban J connectivity index is 1.77. The van der Waals surface area contributed by atoms with Gasteiger partial charge >= 0.3 is 5.97 Å². The molecule has 0 saturated carbocycles. The maximum absolute atomic E-state index is 12.3. The Bertz CT molecular complexity index is 1040. The third-order valence-corrected chi connectivity index (χ3v) is 4.11. The van der Waals surface area contributed by atoms with Crippen molar-refractivity contribution in [3.8, 4) is 0 Å². The van der Waals surface area contributed by atoms with Gasteiger partial charge in [-0.15, -0.1) is 0 Å². The van der Waals surface area contributed by atoms with Crippen LogP contribution < -0.4 is 4.72 Å². The molecular weight excluding hydrogens is 342 g/mol. The van der Waals surface area contributed by atoms with Crippen LogP contribution in [-0.2, 0) is 21.4 Å². The predicted molar refractivity (Wildman–Crippen MR) is 94.0 cm³/mol. The zero-order valence-corrected chi connectivity index (χ0v) is 14.6. The maximum atomic E-state index is 12.3. The van der Waals surface area contributed by atoms with Crippen molar-refractivity contribution in [2.45, 2.75) is 13.5 Å². The van der Waals surface area contributed by atoms with Crippen LogP contribution in [0.4, 0.5) is 5.69 Å². The minimum atomic E-state index is -3.50. The molecule has 8 heteroatoms. The normalized spacial score (nSPS) is 11.4. The highest BCUT2D eigenvalue weighted by atomic mass is 32.2. The number of benzene rings is 1. The molecular formula is C17H17N3O4S. The van der Waals surface area contributed by atoms with E-state index < -0.39 is 16.0 Å². The molecule has 3 rings (SSSR count). The van der Waals surface area contributed by atoms with Gasteiger partial charge in [0.05, 0.1) is 23.2 Å². The summed E-state index contributed by atoms with van der Waals surface area (Å²) in [6.45, 7) is 1.94. The van der Waals surface area contributed by atoms with E-state index in [0.29, 0.717) is 5.69 Å². The predicted octanol–water partition coefficient (Wildman–Crippen LogP) is 2.37. The molecule has 1 aromatic carbocycles. The summed E-state index contributed by atoms with van der Waals surface area (Å²) in [5.41, 5.74) is 2.75. The molecule has 3 aromatic rings. The summed E-state index contributed by atoms with van der Waals surface area (Å²) in [5.74, 6) is -0.625. The van der Waals surface area contributed by atoms with Crippen molar-refractivity contribution in [3.63, 3.8) is 0 Å². The van der Waals surface area contributed by atoms with Gasteiger partial charge in [-0.2, -0.15) is 0 Å². The first-order valence-electron chi connectivity index (χ1n) is 7.50. The molecule has 0 aliphatic heterocycles. The topological polar surface area (TPSA) is 89.8 Å². The number of aromatic nitrogens is 2. The van der Waals surface area contributed by atoms with Crippen LogP contribution in [0.15, 0.2) is 48.8 Å². The van der Waals surface area contributed by atoms with Gasteiger partial charge < -0.3 is 9.14 Å². The SMILES string of the molecule is Cc1cccn2cc(COC(=O)c3ccccc3NS(C)(=O)=O)nc12. The van der Waals surface area contributed by atoms with E-state index in [0.717, 1.165) is 17.5 Å². The average Bonchev–Trinajstić information content (AvgIpc) is 2.96. The summed E-state index contributed by atoms with van der Waals surface area (Å²) >= 11 is 0. The number of fused-ring (bicyclic) bond motifs is 1. The number of ether oxygens (including phenoxy) is 1. The highest BCUT2D eigenvalue weighted by Crippen LogP contribution is 2.18. The average molecular weight is 359 g/mol. The summed E-state index contributed by atoms with van der Waals surface area (Å²) in [6.07, 6.45) is 4.68. The molecule has 0 aliphatic carbocycles. The molecule has 0 bridgehead atoms. The Hall–Kier alpha value is -2.87. The highest BCUT2D eigenvalue weighted by Gasteiger charge is 2.15. The zero-order chi connectivity index (χ0) is 18.0.